The van der Waals surface area contributed by atoms with Crippen LogP contribution in [0.2, 0.25) is 10.0 Å². The van der Waals surface area contributed by atoms with E-state index in [0.29, 0.717) is 23.0 Å². The van der Waals surface area contributed by atoms with Gasteiger partial charge in [-0.2, -0.15) is 0 Å². The zero-order valence-corrected chi connectivity index (χ0v) is 14.0. The van der Waals surface area contributed by atoms with Crippen LogP contribution in [0.25, 0.3) is 0 Å². The summed E-state index contributed by atoms with van der Waals surface area (Å²) in [6, 6.07) is 3.08. The number of carbonyl (C=O) groups is 1. The van der Waals surface area contributed by atoms with Gasteiger partial charge < -0.3 is 15.2 Å². The van der Waals surface area contributed by atoms with Crippen molar-refractivity contribution in [2.45, 2.75) is 39.9 Å². The van der Waals surface area contributed by atoms with E-state index in [-0.39, 0.29) is 23.3 Å². The van der Waals surface area contributed by atoms with E-state index in [0.717, 1.165) is 6.42 Å². The summed E-state index contributed by atoms with van der Waals surface area (Å²) in [6.07, 6.45) is 0.198. The van der Waals surface area contributed by atoms with Gasteiger partial charge in [0, 0.05) is 17.1 Å². The van der Waals surface area contributed by atoms with Crippen LogP contribution < -0.4 is 10.1 Å². The van der Waals surface area contributed by atoms with E-state index in [9.17, 15) is 9.90 Å². The Morgan fingerprint density at radius 2 is 2.00 bits per heavy atom. The Labute approximate surface area is 135 Å². The molecule has 0 heterocycles. The molecule has 1 amide bonds. The van der Waals surface area contributed by atoms with Gasteiger partial charge in [-0.3, -0.25) is 4.79 Å². The highest BCUT2D eigenvalue weighted by molar-refractivity contribution is 6.35. The largest absolute Gasteiger partial charge is 0.479 e. The quantitative estimate of drug-likeness (QED) is 0.803. The summed E-state index contributed by atoms with van der Waals surface area (Å²) in [5.74, 6) is 0.592. The number of carbonyl (C=O) groups excluding carboxylic acids is 1. The lowest BCUT2D eigenvalue weighted by Crippen LogP contribution is -2.37. The lowest BCUT2D eigenvalue weighted by molar-refractivity contribution is -0.127. The van der Waals surface area contributed by atoms with Crippen LogP contribution in [0.1, 0.15) is 32.8 Å². The zero-order chi connectivity index (χ0) is 16.0. The normalized spacial score (nSPS) is 12.3. The Hall–Kier alpha value is -0.970. The van der Waals surface area contributed by atoms with Gasteiger partial charge in [0.05, 0.1) is 11.6 Å². The maximum atomic E-state index is 11.9. The maximum absolute atomic E-state index is 11.9. The third-order valence-corrected chi connectivity index (χ3v) is 3.44. The molecule has 1 rings (SSSR count). The van der Waals surface area contributed by atoms with E-state index in [1.807, 2.05) is 0 Å². The van der Waals surface area contributed by atoms with Crippen molar-refractivity contribution in [3.63, 3.8) is 0 Å². The van der Waals surface area contributed by atoms with Crippen LogP contribution in [-0.4, -0.2) is 23.7 Å². The van der Waals surface area contributed by atoms with Crippen molar-refractivity contribution in [1.82, 2.24) is 5.32 Å². The molecule has 1 atom stereocenters. The fourth-order valence-corrected chi connectivity index (χ4v) is 2.30. The Morgan fingerprint density at radius 3 is 2.57 bits per heavy atom. The van der Waals surface area contributed by atoms with Gasteiger partial charge in [-0.15, -0.1) is 0 Å². The van der Waals surface area contributed by atoms with Crippen LogP contribution in [0.15, 0.2) is 12.1 Å². The number of aliphatic hydroxyl groups is 1. The SMILES string of the molecule is CC(C)CCNC(=O)C(C)Oc1c(Cl)cc(Cl)cc1CO. The summed E-state index contributed by atoms with van der Waals surface area (Å²) in [7, 11) is 0. The Balaban J connectivity index is 2.70. The lowest BCUT2D eigenvalue weighted by Gasteiger charge is -2.18. The molecule has 0 saturated heterocycles. The van der Waals surface area contributed by atoms with Gasteiger partial charge in [0.25, 0.3) is 5.91 Å². The highest BCUT2D eigenvalue weighted by atomic mass is 35.5. The first-order valence-corrected chi connectivity index (χ1v) is 7.63. The molecule has 1 aromatic carbocycles. The van der Waals surface area contributed by atoms with Crippen LogP contribution in [0.4, 0.5) is 0 Å². The van der Waals surface area contributed by atoms with Crippen LogP contribution in [-0.2, 0) is 11.4 Å². The van der Waals surface area contributed by atoms with Crippen molar-refractivity contribution in [3.05, 3.63) is 27.7 Å². The summed E-state index contributed by atoms with van der Waals surface area (Å²) in [5.41, 5.74) is 0.453. The molecular weight excluding hydrogens is 313 g/mol. The van der Waals surface area contributed by atoms with Gasteiger partial charge >= 0.3 is 0 Å². The average molecular weight is 334 g/mol. The molecule has 0 aliphatic carbocycles. The number of nitrogens with one attached hydrogen (secondary N) is 1. The van der Waals surface area contributed by atoms with Crippen LogP contribution in [0, 0.1) is 5.92 Å². The molecular formula is C15H21Cl2NO3. The van der Waals surface area contributed by atoms with Crippen molar-refractivity contribution < 1.29 is 14.6 Å². The van der Waals surface area contributed by atoms with E-state index in [1.54, 1.807) is 13.0 Å². The highest BCUT2D eigenvalue weighted by Gasteiger charge is 2.18. The topological polar surface area (TPSA) is 58.6 Å². The number of rotatable bonds is 7. The predicted octanol–water partition coefficient (Wildman–Crippen LogP) is 3.42. The summed E-state index contributed by atoms with van der Waals surface area (Å²) in [6.45, 7) is 6.15. The molecule has 0 spiro atoms. The summed E-state index contributed by atoms with van der Waals surface area (Å²) in [4.78, 5) is 11.9. The van der Waals surface area contributed by atoms with Crippen molar-refractivity contribution in [3.8, 4) is 5.75 Å². The molecule has 118 valence electrons. The number of benzene rings is 1. The minimum atomic E-state index is -0.707. The van der Waals surface area contributed by atoms with E-state index in [4.69, 9.17) is 27.9 Å². The van der Waals surface area contributed by atoms with Crippen molar-refractivity contribution in [1.29, 1.82) is 0 Å². The highest BCUT2D eigenvalue weighted by Crippen LogP contribution is 2.33. The molecule has 0 aromatic heterocycles. The van der Waals surface area contributed by atoms with Crippen molar-refractivity contribution in [2.24, 2.45) is 5.92 Å². The molecule has 0 saturated carbocycles. The van der Waals surface area contributed by atoms with E-state index in [1.165, 1.54) is 6.07 Å². The molecule has 0 aliphatic rings. The Bertz CT molecular complexity index is 492. The fourth-order valence-electron chi connectivity index (χ4n) is 1.72. The number of hydrogen-bond acceptors (Lipinski definition) is 3. The minimum Gasteiger partial charge on any atom is -0.479 e. The van der Waals surface area contributed by atoms with Crippen LogP contribution in [0.5, 0.6) is 5.75 Å². The zero-order valence-electron chi connectivity index (χ0n) is 12.5. The molecule has 0 radical (unpaired) electrons. The summed E-state index contributed by atoms with van der Waals surface area (Å²) < 4.78 is 5.58. The van der Waals surface area contributed by atoms with Gasteiger partial charge in [-0.1, -0.05) is 37.0 Å². The monoisotopic (exact) mass is 333 g/mol. The first kappa shape index (κ1) is 18.1. The molecule has 1 aromatic rings. The predicted molar refractivity (Wildman–Crippen MR) is 84.9 cm³/mol. The molecule has 6 heteroatoms. The number of halogens is 2. The van der Waals surface area contributed by atoms with E-state index >= 15 is 0 Å². The molecule has 4 nitrogen and oxygen atoms in total. The van der Waals surface area contributed by atoms with E-state index in [2.05, 4.69) is 19.2 Å². The maximum Gasteiger partial charge on any atom is 0.260 e. The Kier molecular flexibility index (Phi) is 7.29. The summed E-state index contributed by atoms with van der Waals surface area (Å²) in [5, 5.41) is 12.8. The molecule has 0 fully saturated rings. The first-order chi connectivity index (χ1) is 9.85. The molecule has 0 aliphatic heterocycles. The summed E-state index contributed by atoms with van der Waals surface area (Å²) >= 11 is 11.9. The number of aliphatic hydroxyl groups excluding tert-OH is 1. The van der Waals surface area contributed by atoms with E-state index < -0.39 is 6.10 Å². The lowest BCUT2D eigenvalue weighted by atomic mass is 10.1. The minimum absolute atomic E-state index is 0.217. The van der Waals surface area contributed by atoms with Crippen molar-refractivity contribution in [2.75, 3.05) is 6.54 Å². The number of amides is 1. The second-order valence-corrected chi connectivity index (χ2v) is 6.11. The van der Waals surface area contributed by atoms with Gasteiger partial charge in [0.1, 0.15) is 5.75 Å². The second-order valence-electron chi connectivity index (χ2n) is 5.27. The van der Waals surface area contributed by atoms with Gasteiger partial charge in [-0.05, 0) is 31.4 Å². The molecule has 21 heavy (non-hydrogen) atoms. The van der Waals surface area contributed by atoms with Gasteiger partial charge in [0.2, 0.25) is 0 Å². The Morgan fingerprint density at radius 1 is 1.33 bits per heavy atom. The number of hydrogen-bond donors (Lipinski definition) is 2. The van der Waals surface area contributed by atoms with Crippen molar-refractivity contribution >= 4 is 29.1 Å². The molecule has 1 unspecified atom stereocenters. The fraction of sp³-hybridized carbons (Fsp3) is 0.533. The second kappa shape index (κ2) is 8.47. The van der Waals surface area contributed by atoms with Gasteiger partial charge in [-0.25, -0.2) is 0 Å². The van der Waals surface area contributed by atoms with Crippen LogP contribution in [0.3, 0.4) is 0 Å². The smallest absolute Gasteiger partial charge is 0.260 e. The molecule has 2 N–H and O–H groups in total. The van der Waals surface area contributed by atoms with Crippen LogP contribution >= 0.6 is 23.2 Å². The third-order valence-electron chi connectivity index (χ3n) is 2.94. The third kappa shape index (κ3) is 5.73. The molecule has 0 bridgehead atoms. The standard InChI is InChI=1S/C15H21Cl2NO3/c1-9(2)4-5-18-15(20)10(3)21-14-11(8-19)6-12(16)7-13(14)17/h6-7,9-10,19H,4-5,8H2,1-3H3,(H,18,20). The van der Waals surface area contributed by atoms with Gasteiger partial charge in [0.15, 0.2) is 6.10 Å². The first-order valence-electron chi connectivity index (χ1n) is 6.88. The average Bonchev–Trinajstić information content (AvgIpc) is 2.40. The number of ether oxygens (including phenoxy) is 1.